The molecule has 0 saturated carbocycles. The van der Waals surface area contributed by atoms with Gasteiger partial charge in [-0.05, 0) is 61.5 Å². The number of halogens is 8. The van der Waals surface area contributed by atoms with Gasteiger partial charge in [0.25, 0.3) is 17.7 Å². The minimum atomic E-state index is -4.72. The molecule has 0 aliphatic rings. The number of nitro groups is 2. The van der Waals surface area contributed by atoms with Crippen molar-refractivity contribution in [2.75, 3.05) is 0 Å². The molecule has 0 fully saturated rings. The largest absolute Gasteiger partial charge is 0.456 e. The third kappa shape index (κ3) is 9.46. The maximum absolute atomic E-state index is 13.2. The quantitative estimate of drug-likeness (QED) is 0.0358. The summed E-state index contributed by atoms with van der Waals surface area (Å²) in [6.07, 6.45) is -9.19. The number of esters is 2. The lowest BCUT2D eigenvalue weighted by Crippen LogP contribution is -2.24. The van der Waals surface area contributed by atoms with E-state index in [2.05, 4.69) is 0 Å². The van der Waals surface area contributed by atoms with Crippen LogP contribution in [0, 0.1) is 20.2 Å². The fourth-order valence-corrected chi connectivity index (χ4v) is 4.61. The monoisotopic (exact) mass is 774 g/mol. The fourth-order valence-electron chi connectivity index (χ4n) is 4.17. The molecule has 12 nitrogen and oxygen atoms in total. The molecule has 0 heterocycles. The summed E-state index contributed by atoms with van der Waals surface area (Å²) < 4.78 is 99.2. The lowest BCUT2D eigenvalue weighted by atomic mass is 10.1. The number of hydrogen-bond donors (Lipinski definition) is 0. The topological polar surface area (TPSA) is 157 Å². The van der Waals surface area contributed by atoms with Crippen LogP contribution in [0.25, 0.3) is 0 Å². The van der Waals surface area contributed by atoms with E-state index in [1.54, 1.807) is 0 Å². The smallest absolute Gasteiger partial charge is 0.416 e. The highest BCUT2D eigenvalue weighted by atomic mass is 35.5. The van der Waals surface area contributed by atoms with Crippen molar-refractivity contribution in [1.29, 1.82) is 0 Å². The molecule has 0 bridgehead atoms. The summed E-state index contributed by atoms with van der Waals surface area (Å²) in [5, 5.41) is 22.4. The first kappa shape index (κ1) is 38.9. The Morgan fingerprint density at radius 3 is 1.37 bits per heavy atom. The first-order valence-corrected chi connectivity index (χ1v) is 14.7. The Bertz CT molecular complexity index is 1950. The van der Waals surface area contributed by atoms with E-state index >= 15 is 0 Å². The number of benzene rings is 4. The summed E-state index contributed by atoms with van der Waals surface area (Å²) in [5.41, 5.74) is -5.38. The van der Waals surface area contributed by atoms with Gasteiger partial charge in [-0.15, -0.1) is 0 Å². The Balaban J connectivity index is 1.59. The molecule has 272 valence electrons. The maximum atomic E-state index is 13.2. The van der Waals surface area contributed by atoms with Gasteiger partial charge in [0, 0.05) is 24.3 Å². The molecule has 0 aromatic heterocycles. The first-order valence-electron chi connectivity index (χ1n) is 14.0. The Morgan fingerprint density at radius 2 is 1.06 bits per heavy atom. The number of allylic oxidation sites excluding steroid dienone is 1. The predicted molar refractivity (Wildman–Crippen MR) is 169 cm³/mol. The summed E-state index contributed by atoms with van der Waals surface area (Å²) >= 11 is 11.8. The van der Waals surface area contributed by atoms with Crippen molar-refractivity contribution >= 4 is 46.5 Å². The number of carbonyl (C=O) groups is 2. The predicted octanol–water partition coefficient (Wildman–Crippen LogP) is 10.3. The van der Waals surface area contributed by atoms with Gasteiger partial charge in [0.15, 0.2) is 0 Å². The van der Waals surface area contributed by atoms with E-state index in [9.17, 15) is 56.2 Å². The Kier molecular flexibility index (Phi) is 11.6. The average molecular weight is 775 g/mol. The number of rotatable bonds is 11. The lowest BCUT2D eigenvalue weighted by Gasteiger charge is -2.16. The van der Waals surface area contributed by atoms with Gasteiger partial charge in [-0.3, -0.25) is 20.2 Å². The first-order chi connectivity index (χ1) is 24.3. The van der Waals surface area contributed by atoms with Gasteiger partial charge in [0.05, 0.1) is 31.0 Å². The molecule has 4 aromatic carbocycles. The zero-order chi connectivity index (χ0) is 38.5. The van der Waals surface area contributed by atoms with Crippen LogP contribution in [0.1, 0.15) is 38.8 Å². The number of carbonyl (C=O) groups excluding carboxylic acids is 2. The molecule has 52 heavy (non-hydrogen) atoms. The summed E-state index contributed by atoms with van der Waals surface area (Å²) in [5.74, 6) is -4.18. The molecular weight excluding hydrogens is 757 g/mol. The van der Waals surface area contributed by atoms with Gasteiger partial charge in [-0.2, -0.15) is 26.3 Å². The van der Waals surface area contributed by atoms with Crippen LogP contribution in [0.3, 0.4) is 0 Å². The Labute approximate surface area is 297 Å². The van der Waals surface area contributed by atoms with Crippen molar-refractivity contribution in [3.63, 3.8) is 0 Å². The van der Waals surface area contributed by atoms with Crippen LogP contribution in [-0.2, 0) is 21.8 Å². The third-order valence-electron chi connectivity index (χ3n) is 6.54. The standard InChI is InChI=1S/C32H18Cl2F6N2O10/c1-2-3-28(51-29(43)20-14-18(6-8-24(20)41(45)46)49-26-10-4-16(12-22(26)33)31(35,36)37)52-30(44)21-15-19(7-9-25(21)42(47)48)50-27-11-5-17(13-23(27)34)32(38,39)40/h2-15,28H,1H3/b3-2+. The van der Waals surface area contributed by atoms with E-state index < -0.39 is 84.1 Å². The number of hydrogen-bond acceptors (Lipinski definition) is 10. The summed E-state index contributed by atoms with van der Waals surface area (Å²) in [6.45, 7) is 1.39. The molecule has 0 N–H and O–H groups in total. The molecular formula is C32H18Cl2F6N2O10. The van der Waals surface area contributed by atoms with Crippen LogP contribution in [0.5, 0.6) is 23.0 Å². The van der Waals surface area contributed by atoms with Crippen LogP contribution < -0.4 is 9.47 Å². The van der Waals surface area contributed by atoms with Crippen molar-refractivity contribution in [3.8, 4) is 23.0 Å². The maximum Gasteiger partial charge on any atom is 0.416 e. The van der Waals surface area contributed by atoms with Gasteiger partial charge in [-0.25, -0.2) is 9.59 Å². The zero-order valence-corrected chi connectivity index (χ0v) is 27.2. The molecule has 0 aliphatic carbocycles. The lowest BCUT2D eigenvalue weighted by molar-refractivity contribution is -0.385. The second-order valence-corrected chi connectivity index (χ2v) is 10.9. The van der Waals surface area contributed by atoms with Crippen LogP contribution in [0.2, 0.25) is 10.0 Å². The molecule has 0 aliphatic heterocycles. The van der Waals surface area contributed by atoms with Gasteiger partial charge in [-0.1, -0.05) is 29.3 Å². The second-order valence-electron chi connectivity index (χ2n) is 10.1. The van der Waals surface area contributed by atoms with Gasteiger partial charge in [0.1, 0.15) is 34.1 Å². The summed E-state index contributed by atoms with van der Waals surface area (Å²) in [7, 11) is 0. The van der Waals surface area contributed by atoms with Crippen molar-refractivity contribution < 1.29 is 64.7 Å². The average Bonchev–Trinajstić information content (AvgIpc) is 3.05. The zero-order valence-electron chi connectivity index (χ0n) is 25.7. The SMILES string of the molecule is C/C=C/C(OC(=O)c1cc(Oc2ccc(C(F)(F)F)cc2Cl)ccc1[N+](=O)[O-])OC(=O)c1cc(Oc2ccc(C(F)(F)F)cc2Cl)ccc1[N+](=O)[O-]. The minimum absolute atomic E-state index is 0.306. The van der Waals surface area contributed by atoms with E-state index in [4.69, 9.17) is 42.1 Å². The molecule has 0 spiro atoms. The second kappa shape index (κ2) is 15.6. The normalized spacial score (nSPS) is 11.7. The fraction of sp³-hybridized carbons (Fsp3) is 0.125. The highest BCUT2D eigenvalue weighted by Gasteiger charge is 2.33. The summed E-state index contributed by atoms with van der Waals surface area (Å²) in [6, 6.07) is 9.50. The molecule has 20 heteroatoms. The van der Waals surface area contributed by atoms with Crippen molar-refractivity contribution in [2.24, 2.45) is 0 Å². The number of nitrogens with zero attached hydrogens (tertiary/aromatic N) is 2. The molecule has 0 atom stereocenters. The van der Waals surface area contributed by atoms with Gasteiger partial charge in [0.2, 0.25) is 0 Å². The van der Waals surface area contributed by atoms with Gasteiger partial charge >= 0.3 is 24.3 Å². The molecule has 0 unspecified atom stereocenters. The summed E-state index contributed by atoms with van der Waals surface area (Å²) in [4.78, 5) is 47.8. The van der Waals surface area contributed by atoms with E-state index in [-0.39, 0.29) is 23.0 Å². The molecule has 4 rings (SSSR count). The number of alkyl halides is 6. The van der Waals surface area contributed by atoms with E-state index in [1.807, 2.05) is 0 Å². The van der Waals surface area contributed by atoms with E-state index in [0.717, 1.165) is 54.6 Å². The van der Waals surface area contributed by atoms with Crippen molar-refractivity contribution in [3.05, 3.63) is 137 Å². The molecule has 0 amide bonds. The highest BCUT2D eigenvalue weighted by molar-refractivity contribution is 6.32. The molecule has 0 saturated heterocycles. The minimum Gasteiger partial charge on any atom is -0.456 e. The van der Waals surface area contributed by atoms with Crippen LogP contribution in [0.15, 0.2) is 84.9 Å². The van der Waals surface area contributed by atoms with Crippen molar-refractivity contribution in [1.82, 2.24) is 0 Å². The Hall–Kier alpha value is -5.88. The van der Waals surface area contributed by atoms with Crippen LogP contribution >= 0.6 is 23.2 Å². The van der Waals surface area contributed by atoms with Crippen molar-refractivity contribution in [2.45, 2.75) is 25.6 Å². The number of nitro benzene ring substituents is 2. The van der Waals surface area contributed by atoms with Crippen LogP contribution in [-0.4, -0.2) is 28.1 Å². The van der Waals surface area contributed by atoms with Gasteiger partial charge < -0.3 is 18.9 Å². The molecule has 0 radical (unpaired) electrons. The van der Waals surface area contributed by atoms with Crippen LogP contribution in [0.4, 0.5) is 37.7 Å². The number of ether oxygens (including phenoxy) is 4. The molecule has 4 aromatic rings. The van der Waals surface area contributed by atoms with E-state index in [1.165, 1.54) is 13.0 Å². The highest BCUT2D eigenvalue weighted by Crippen LogP contribution is 2.39. The van der Waals surface area contributed by atoms with E-state index in [0.29, 0.717) is 24.3 Å². The Morgan fingerprint density at radius 1 is 0.673 bits per heavy atom. The third-order valence-corrected chi connectivity index (χ3v) is 7.13.